The molecule has 0 saturated carbocycles. The summed E-state index contributed by atoms with van der Waals surface area (Å²) in [5.74, 6) is 0.656. The maximum Gasteiger partial charge on any atom is 0.563 e. The first kappa shape index (κ1) is 18.6. The van der Waals surface area contributed by atoms with Crippen LogP contribution >= 0.6 is 0 Å². The van der Waals surface area contributed by atoms with Crippen molar-refractivity contribution >= 4 is 35.9 Å². The molecule has 27 heavy (non-hydrogen) atoms. The molecule has 0 spiro atoms. The molecule has 2 aliphatic rings. The first-order valence-corrected chi connectivity index (χ1v) is 9.42. The lowest BCUT2D eigenvalue weighted by atomic mass is 9.76. The van der Waals surface area contributed by atoms with E-state index >= 15 is 0 Å². The van der Waals surface area contributed by atoms with Crippen molar-refractivity contribution in [2.24, 2.45) is 0 Å². The lowest BCUT2D eigenvalue weighted by Gasteiger charge is -2.32. The van der Waals surface area contributed by atoms with Crippen molar-refractivity contribution in [1.82, 2.24) is 0 Å². The van der Waals surface area contributed by atoms with Gasteiger partial charge in [0.15, 0.2) is 0 Å². The van der Waals surface area contributed by atoms with E-state index in [1.54, 1.807) is 0 Å². The van der Waals surface area contributed by atoms with Gasteiger partial charge in [0.25, 0.3) is 0 Å². The Bertz CT molecular complexity index is 904. The van der Waals surface area contributed by atoms with Crippen molar-refractivity contribution in [1.29, 1.82) is 0 Å². The lowest BCUT2D eigenvalue weighted by Crippen LogP contribution is -2.41. The smallest absolute Gasteiger partial charge is 0.534 e. The summed E-state index contributed by atoms with van der Waals surface area (Å²) in [6.07, 6.45) is 0. The third kappa shape index (κ3) is 3.10. The Morgan fingerprint density at radius 1 is 0.704 bits per heavy atom. The molecule has 2 aromatic rings. The second kappa shape index (κ2) is 5.87. The van der Waals surface area contributed by atoms with E-state index in [0.717, 1.165) is 21.7 Å². The summed E-state index contributed by atoms with van der Waals surface area (Å²) >= 11 is 0. The van der Waals surface area contributed by atoms with Crippen molar-refractivity contribution in [3.63, 3.8) is 0 Å². The minimum atomic E-state index is -0.472. The Balaban J connectivity index is 1.61. The fraction of sp³-hybridized carbons (Fsp3) is 0.429. The summed E-state index contributed by atoms with van der Waals surface area (Å²) in [4.78, 5) is 0. The zero-order valence-electron chi connectivity index (χ0n) is 17.0. The molecular weight excluding hydrogens is 338 g/mol. The average Bonchev–Trinajstić information content (AvgIpc) is 2.97. The summed E-state index contributed by atoms with van der Waals surface area (Å²) in [6, 6.07) is 12.5. The molecule has 140 valence electrons. The molecular formula is C21H26B2O4. The largest absolute Gasteiger partial charge is 0.563 e. The van der Waals surface area contributed by atoms with Gasteiger partial charge in [-0.25, -0.2) is 0 Å². The van der Waals surface area contributed by atoms with Crippen LogP contribution in [-0.4, -0.2) is 31.0 Å². The van der Waals surface area contributed by atoms with Crippen molar-refractivity contribution < 1.29 is 18.6 Å². The third-order valence-electron chi connectivity index (χ3n) is 6.01. The fourth-order valence-electron chi connectivity index (χ4n) is 3.32. The van der Waals surface area contributed by atoms with E-state index in [2.05, 4.69) is 64.6 Å². The number of benzene rings is 2. The molecule has 0 bridgehead atoms. The molecule has 2 saturated heterocycles. The van der Waals surface area contributed by atoms with E-state index in [0.29, 0.717) is 5.76 Å². The highest BCUT2D eigenvalue weighted by molar-refractivity contribution is 6.63. The van der Waals surface area contributed by atoms with Crippen molar-refractivity contribution in [2.75, 3.05) is 0 Å². The number of fused-ring (bicyclic) bond motifs is 1. The Hall–Kier alpha value is -1.75. The summed E-state index contributed by atoms with van der Waals surface area (Å²) in [7, 11) is -0.774. The molecule has 0 amide bonds. The molecule has 0 radical (unpaired) electrons. The van der Waals surface area contributed by atoms with E-state index in [1.165, 1.54) is 0 Å². The van der Waals surface area contributed by atoms with Gasteiger partial charge in [0.1, 0.15) is 5.60 Å². The zero-order valence-corrected chi connectivity index (χ0v) is 17.0. The van der Waals surface area contributed by atoms with Crippen LogP contribution in [0, 0.1) is 0 Å². The summed E-state index contributed by atoms with van der Waals surface area (Å²) in [6.45, 7) is 16.1. The van der Waals surface area contributed by atoms with Crippen LogP contribution in [0.15, 0.2) is 48.7 Å². The average molecular weight is 364 g/mol. The first-order valence-electron chi connectivity index (χ1n) is 9.42. The fourth-order valence-corrected chi connectivity index (χ4v) is 3.32. The quantitative estimate of drug-likeness (QED) is 0.768. The second-order valence-electron chi connectivity index (χ2n) is 8.96. The molecule has 4 rings (SSSR count). The second-order valence-corrected chi connectivity index (χ2v) is 8.96. The van der Waals surface area contributed by atoms with E-state index < -0.39 is 12.7 Å². The van der Waals surface area contributed by atoms with Crippen LogP contribution in [0.4, 0.5) is 0 Å². The van der Waals surface area contributed by atoms with E-state index in [4.69, 9.17) is 18.6 Å². The van der Waals surface area contributed by atoms with Crippen LogP contribution in [-0.2, 0) is 18.6 Å². The maximum absolute atomic E-state index is 6.17. The predicted octanol–water partition coefficient (Wildman–Crippen LogP) is 3.17. The molecule has 0 aliphatic carbocycles. The van der Waals surface area contributed by atoms with Gasteiger partial charge in [-0.2, -0.15) is 0 Å². The van der Waals surface area contributed by atoms with Gasteiger partial charge in [-0.05, 0) is 63.2 Å². The number of hydrogen-bond donors (Lipinski definition) is 0. The first-order chi connectivity index (χ1) is 12.5. The van der Waals surface area contributed by atoms with Gasteiger partial charge in [0.05, 0.1) is 17.0 Å². The summed E-state index contributed by atoms with van der Waals surface area (Å²) in [5.41, 5.74) is 0.848. The Morgan fingerprint density at radius 2 is 1.19 bits per heavy atom. The molecule has 4 nitrogen and oxygen atoms in total. The molecule has 6 heteroatoms. The monoisotopic (exact) mass is 364 g/mol. The van der Waals surface area contributed by atoms with E-state index in [9.17, 15) is 0 Å². The molecule has 2 fully saturated rings. The molecule has 2 heterocycles. The van der Waals surface area contributed by atoms with E-state index in [-0.39, 0.29) is 18.3 Å². The zero-order chi connectivity index (χ0) is 19.6. The topological polar surface area (TPSA) is 36.9 Å². The van der Waals surface area contributed by atoms with Crippen LogP contribution in [0.2, 0.25) is 0 Å². The van der Waals surface area contributed by atoms with Crippen LogP contribution < -0.4 is 10.9 Å². The van der Waals surface area contributed by atoms with Crippen molar-refractivity contribution in [2.45, 2.75) is 58.3 Å². The van der Waals surface area contributed by atoms with Crippen molar-refractivity contribution in [3.05, 3.63) is 48.7 Å². The van der Waals surface area contributed by atoms with Gasteiger partial charge in [-0.1, -0.05) is 43.0 Å². The van der Waals surface area contributed by atoms with Crippen molar-refractivity contribution in [3.8, 4) is 0 Å². The maximum atomic E-state index is 6.17. The van der Waals surface area contributed by atoms with Gasteiger partial charge >= 0.3 is 14.2 Å². The lowest BCUT2D eigenvalue weighted by molar-refractivity contribution is 0.00578. The molecule has 0 N–H and O–H groups in total. The molecule has 0 unspecified atom stereocenters. The molecule has 0 atom stereocenters. The highest BCUT2D eigenvalue weighted by Crippen LogP contribution is 2.36. The van der Waals surface area contributed by atoms with Gasteiger partial charge in [0.2, 0.25) is 0 Å². The van der Waals surface area contributed by atoms with Crippen LogP contribution in [0.1, 0.15) is 41.5 Å². The van der Waals surface area contributed by atoms with Crippen LogP contribution in [0.25, 0.3) is 10.8 Å². The minimum Gasteiger partial charge on any atom is -0.534 e. The third-order valence-corrected chi connectivity index (χ3v) is 6.01. The van der Waals surface area contributed by atoms with Crippen LogP contribution in [0.3, 0.4) is 0 Å². The van der Waals surface area contributed by atoms with Crippen LogP contribution in [0.5, 0.6) is 0 Å². The van der Waals surface area contributed by atoms with E-state index in [1.807, 2.05) is 19.9 Å². The Morgan fingerprint density at radius 3 is 1.63 bits per heavy atom. The van der Waals surface area contributed by atoms with Gasteiger partial charge < -0.3 is 18.6 Å². The van der Waals surface area contributed by atoms with Gasteiger partial charge in [0, 0.05) is 0 Å². The number of hydrogen-bond acceptors (Lipinski definition) is 4. The number of rotatable bonds is 2. The highest BCUT2D eigenvalue weighted by Gasteiger charge is 2.51. The SMILES string of the molecule is C=C1OB(c2ccc3cc(B4OC(C)(C)C(C)(C)O4)ccc3c2)OC1(C)C. The van der Waals surface area contributed by atoms with Gasteiger partial charge in [-0.3, -0.25) is 0 Å². The summed E-state index contributed by atoms with van der Waals surface area (Å²) < 4.78 is 24.1. The molecule has 2 aliphatic heterocycles. The highest BCUT2D eigenvalue weighted by atomic mass is 16.7. The van der Waals surface area contributed by atoms with Gasteiger partial charge in [-0.15, -0.1) is 0 Å². The normalized spacial score (nSPS) is 23.1. The Kier molecular flexibility index (Phi) is 4.05. The minimum absolute atomic E-state index is 0.344. The molecule has 0 aromatic heterocycles. The predicted molar refractivity (Wildman–Crippen MR) is 110 cm³/mol. The molecule has 2 aromatic carbocycles. The standard InChI is InChI=1S/C21H26B2O4/c1-14-19(2,3)25-22(24-14)17-10-8-16-13-18(11-9-15(16)12-17)23-26-20(4,5)21(6,7)27-23/h8-13H,1H2,2-7H3. The summed E-state index contributed by atoms with van der Waals surface area (Å²) in [5, 5.41) is 2.25. The Labute approximate surface area is 162 Å².